The van der Waals surface area contributed by atoms with E-state index in [-0.39, 0.29) is 12.3 Å². The van der Waals surface area contributed by atoms with Crippen LogP contribution in [0.2, 0.25) is 10.0 Å². The molecule has 2 aromatic rings. The molecule has 0 spiro atoms. The number of rotatable bonds is 8. The van der Waals surface area contributed by atoms with Crippen molar-refractivity contribution in [3.05, 3.63) is 64.1 Å². The van der Waals surface area contributed by atoms with Crippen molar-refractivity contribution in [3.8, 4) is 11.8 Å². The molecular weight excluding hydrogens is 371 g/mol. The fourth-order valence-corrected chi connectivity index (χ4v) is 2.95. The first-order valence-corrected chi connectivity index (χ1v) is 9.08. The Morgan fingerprint density at radius 1 is 1.19 bits per heavy atom. The molecule has 1 unspecified atom stereocenters. The lowest BCUT2D eigenvalue weighted by Gasteiger charge is -2.25. The maximum Gasteiger partial charge on any atom is 0.263 e. The van der Waals surface area contributed by atoms with Crippen molar-refractivity contribution in [1.82, 2.24) is 4.90 Å². The van der Waals surface area contributed by atoms with E-state index in [2.05, 4.69) is 6.07 Å². The molecular formula is C20H20Cl2N2O2. The Hall–Kier alpha value is -2.22. The van der Waals surface area contributed by atoms with Gasteiger partial charge in [-0.15, -0.1) is 0 Å². The van der Waals surface area contributed by atoms with Gasteiger partial charge in [0.2, 0.25) is 0 Å². The molecule has 0 aliphatic rings. The van der Waals surface area contributed by atoms with Gasteiger partial charge >= 0.3 is 0 Å². The summed E-state index contributed by atoms with van der Waals surface area (Å²) in [7, 11) is 0. The van der Waals surface area contributed by atoms with Gasteiger partial charge in [-0.3, -0.25) is 4.79 Å². The maximum absolute atomic E-state index is 12.8. The highest BCUT2D eigenvalue weighted by molar-refractivity contribution is 6.35. The summed E-state index contributed by atoms with van der Waals surface area (Å²) in [6.45, 7) is 2.56. The molecule has 2 aromatic carbocycles. The van der Waals surface area contributed by atoms with Gasteiger partial charge in [0.15, 0.2) is 6.10 Å². The van der Waals surface area contributed by atoms with E-state index in [1.165, 1.54) is 0 Å². The summed E-state index contributed by atoms with van der Waals surface area (Å²) in [5.41, 5.74) is 1.14. The average molecular weight is 391 g/mol. The van der Waals surface area contributed by atoms with Gasteiger partial charge in [-0.1, -0.05) is 53.5 Å². The lowest BCUT2D eigenvalue weighted by atomic mass is 10.1. The number of hydrogen-bond donors (Lipinski definition) is 0. The van der Waals surface area contributed by atoms with Crippen molar-refractivity contribution < 1.29 is 9.53 Å². The Bertz CT molecular complexity index is 775. The first kappa shape index (κ1) is 20.1. The van der Waals surface area contributed by atoms with Crippen LogP contribution in [0.3, 0.4) is 0 Å². The van der Waals surface area contributed by atoms with Gasteiger partial charge in [0, 0.05) is 18.1 Å². The van der Waals surface area contributed by atoms with Gasteiger partial charge < -0.3 is 9.64 Å². The molecule has 0 N–H and O–H groups in total. The molecule has 1 atom stereocenters. The molecule has 136 valence electrons. The number of carbonyl (C=O) groups is 1. The minimum atomic E-state index is -0.719. The summed E-state index contributed by atoms with van der Waals surface area (Å²) in [5.74, 6) is 0.224. The molecule has 4 nitrogen and oxygen atoms in total. The lowest BCUT2D eigenvalue weighted by Crippen LogP contribution is -2.42. The molecule has 0 bridgehead atoms. The van der Waals surface area contributed by atoms with Gasteiger partial charge in [0.1, 0.15) is 5.75 Å². The summed E-state index contributed by atoms with van der Waals surface area (Å²) in [6.07, 6.45) is 0.268. The van der Waals surface area contributed by atoms with Crippen LogP contribution >= 0.6 is 23.2 Å². The lowest BCUT2D eigenvalue weighted by molar-refractivity contribution is -0.137. The zero-order valence-corrected chi connectivity index (χ0v) is 16.0. The molecule has 6 heteroatoms. The van der Waals surface area contributed by atoms with Crippen LogP contribution in [0.4, 0.5) is 0 Å². The van der Waals surface area contributed by atoms with E-state index < -0.39 is 6.10 Å². The third-order valence-corrected chi connectivity index (χ3v) is 4.39. The standard InChI is InChI=1S/C20H20Cl2N2O2/c1-15(26-19-9-8-17(21)14-18(19)22)20(25)24(12-5-11-23)13-10-16-6-3-2-4-7-16/h2-4,6-9,14-15H,5,10,12-13H2,1H3. The van der Waals surface area contributed by atoms with Crippen LogP contribution in [0.25, 0.3) is 0 Å². The normalized spacial score (nSPS) is 11.5. The monoisotopic (exact) mass is 390 g/mol. The Labute approximate surface area is 163 Å². The van der Waals surface area contributed by atoms with Gasteiger partial charge in [-0.2, -0.15) is 5.26 Å². The number of carbonyl (C=O) groups excluding carboxylic acids is 1. The molecule has 0 aromatic heterocycles. The predicted octanol–water partition coefficient (Wildman–Crippen LogP) is 4.75. The summed E-state index contributed by atoms with van der Waals surface area (Å²) >= 11 is 12.0. The minimum absolute atomic E-state index is 0.179. The van der Waals surface area contributed by atoms with Crippen LogP contribution in [0.5, 0.6) is 5.75 Å². The number of nitrogens with zero attached hydrogens (tertiary/aromatic N) is 2. The molecule has 0 aliphatic carbocycles. The molecule has 0 heterocycles. The number of benzene rings is 2. The van der Waals surface area contributed by atoms with E-state index in [4.69, 9.17) is 33.2 Å². The van der Waals surface area contributed by atoms with E-state index in [0.29, 0.717) is 35.3 Å². The van der Waals surface area contributed by atoms with Crippen molar-refractivity contribution in [1.29, 1.82) is 5.26 Å². The summed E-state index contributed by atoms with van der Waals surface area (Å²) in [4.78, 5) is 14.4. The van der Waals surface area contributed by atoms with Gasteiger partial charge in [0.25, 0.3) is 5.91 Å². The summed E-state index contributed by atoms with van der Waals surface area (Å²) in [6, 6.07) is 16.9. The Balaban J connectivity index is 2.03. The fourth-order valence-electron chi connectivity index (χ4n) is 2.49. The largest absolute Gasteiger partial charge is 0.479 e. The SMILES string of the molecule is CC(Oc1ccc(Cl)cc1Cl)C(=O)N(CCC#N)CCc1ccccc1. The zero-order chi connectivity index (χ0) is 18.9. The van der Waals surface area contributed by atoms with E-state index in [1.807, 2.05) is 30.3 Å². The van der Waals surface area contributed by atoms with Crippen LogP contribution in [-0.2, 0) is 11.2 Å². The summed E-state index contributed by atoms with van der Waals surface area (Å²) in [5, 5.41) is 9.72. The van der Waals surface area contributed by atoms with Crippen LogP contribution in [-0.4, -0.2) is 30.0 Å². The van der Waals surface area contributed by atoms with Crippen LogP contribution < -0.4 is 4.74 Å². The number of nitriles is 1. The van der Waals surface area contributed by atoms with E-state index >= 15 is 0 Å². The fraction of sp³-hybridized carbons (Fsp3) is 0.300. The number of hydrogen-bond acceptors (Lipinski definition) is 3. The third-order valence-electron chi connectivity index (χ3n) is 3.86. The highest BCUT2D eigenvalue weighted by atomic mass is 35.5. The highest BCUT2D eigenvalue weighted by Crippen LogP contribution is 2.28. The minimum Gasteiger partial charge on any atom is -0.479 e. The second-order valence-corrected chi connectivity index (χ2v) is 6.65. The van der Waals surface area contributed by atoms with E-state index in [9.17, 15) is 4.79 Å². The smallest absolute Gasteiger partial charge is 0.263 e. The molecule has 0 saturated carbocycles. The van der Waals surface area contributed by atoms with Gasteiger partial charge in [-0.25, -0.2) is 0 Å². The molecule has 1 amide bonds. The van der Waals surface area contributed by atoms with Crippen molar-refractivity contribution >= 4 is 29.1 Å². The second kappa shape index (κ2) is 10.1. The Morgan fingerprint density at radius 2 is 1.92 bits per heavy atom. The quantitative estimate of drug-likeness (QED) is 0.653. The highest BCUT2D eigenvalue weighted by Gasteiger charge is 2.22. The van der Waals surface area contributed by atoms with Crippen molar-refractivity contribution in [2.24, 2.45) is 0 Å². The summed E-state index contributed by atoms with van der Waals surface area (Å²) < 4.78 is 5.71. The number of ether oxygens (including phenoxy) is 1. The van der Waals surface area contributed by atoms with Crippen LogP contribution in [0.15, 0.2) is 48.5 Å². The molecule has 26 heavy (non-hydrogen) atoms. The zero-order valence-electron chi connectivity index (χ0n) is 14.5. The van der Waals surface area contributed by atoms with E-state index in [1.54, 1.807) is 30.0 Å². The first-order valence-electron chi connectivity index (χ1n) is 8.32. The molecule has 0 aliphatic heterocycles. The Morgan fingerprint density at radius 3 is 2.58 bits per heavy atom. The van der Waals surface area contributed by atoms with Crippen molar-refractivity contribution in [2.75, 3.05) is 13.1 Å². The first-order chi connectivity index (χ1) is 12.5. The molecule has 0 saturated heterocycles. The van der Waals surface area contributed by atoms with Crippen LogP contribution in [0, 0.1) is 11.3 Å². The van der Waals surface area contributed by atoms with Crippen molar-refractivity contribution in [3.63, 3.8) is 0 Å². The third kappa shape index (κ3) is 5.94. The Kier molecular flexibility index (Phi) is 7.77. The molecule has 0 fully saturated rings. The number of halogens is 2. The van der Waals surface area contributed by atoms with Gasteiger partial charge in [0.05, 0.1) is 17.5 Å². The van der Waals surface area contributed by atoms with Gasteiger partial charge in [-0.05, 0) is 37.1 Å². The predicted molar refractivity (Wildman–Crippen MR) is 104 cm³/mol. The molecule has 2 rings (SSSR count). The van der Waals surface area contributed by atoms with E-state index in [0.717, 1.165) is 5.56 Å². The number of amides is 1. The van der Waals surface area contributed by atoms with Crippen LogP contribution in [0.1, 0.15) is 18.9 Å². The maximum atomic E-state index is 12.8. The van der Waals surface area contributed by atoms with Crippen molar-refractivity contribution in [2.45, 2.75) is 25.9 Å². The average Bonchev–Trinajstić information content (AvgIpc) is 2.64. The second-order valence-electron chi connectivity index (χ2n) is 5.80. The topological polar surface area (TPSA) is 53.3 Å². The molecule has 0 radical (unpaired) electrons.